The van der Waals surface area contributed by atoms with E-state index in [1.54, 1.807) is 0 Å². The molecule has 1 heterocycles. The smallest absolute Gasteiger partial charge is 0.308 e. The van der Waals surface area contributed by atoms with E-state index in [1.165, 1.54) is 6.42 Å². The van der Waals surface area contributed by atoms with Crippen molar-refractivity contribution in [1.82, 2.24) is 5.32 Å². The molecule has 0 aromatic rings. The molecule has 74 valence electrons. The van der Waals surface area contributed by atoms with Crippen molar-refractivity contribution in [2.24, 2.45) is 11.8 Å². The minimum absolute atomic E-state index is 0.0400. The third-order valence-corrected chi connectivity index (χ3v) is 3.06. The highest BCUT2D eigenvalue weighted by atomic mass is 16.5. The van der Waals surface area contributed by atoms with E-state index in [-0.39, 0.29) is 11.9 Å². The van der Waals surface area contributed by atoms with E-state index >= 15 is 0 Å². The Bertz CT molecular complexity index is 183. The molecule has 1 aliphatic heterocycles. The van der Waals surface area contributed by atoms with Crippen LogP contribution in [0, 0.1) is 11.8 Å². The van der Waals surface area contributed by atoms with Crippen molar-refractivity contribution in [2.45, 2.75) is 25.7 Å². The number of nitrogens with one attached hydrogen (secondary N) is 1. The van der Waals surface area contributed by atoms with Crippen molar-refractivity contribution in [3.05, 3.63) is 0 Å². The van der Waals surface area contributed by atoms with Crippen molar-refractivity contribution in [3.8, 4) is 0 Å². The minimum Gasteiger partial charge on any atom is -0.465 e. The van der Waals surface area contributed by atoms with Crippen LogP contribution >= 0.6 is 0 Å². The SMILES string of the molecule is O=C(OC[C@@H]1CCNC1)C1CCC1. The monoisotopic (exact) mass is 183 g/mol. The second kappa shape index (κ2) is 4.09. The molecule has 1 saturated heterocycles. The van der Waals surface area contributed by atoms with Crippen LogP contribution in [0.1, 0.15) is 25.7 Å². The van der Waals surface area contributed by atoms with Gasteiger partial charge >= 0.3 is 5.97 Å². The Morgan fingerprint density at radius 2 is 2.23 bits per heavy atom. The number of carbonyl (C=O) groups excluding carboxylic acids is 1. The molecule has 1 atom stereocenters. The molecule has 0 spiro atoms. The maximum Gasteiger partial charge on any atom is 0.308 e. The lowest BCUT2D eigenvalue weighted by molar-refractivity contribution is -0.152. The molecule has 0 amide bonds. The van der Waals surface area contributed by atoms with Gasteiger partial charge < -0.3 is 10.1 Å². The van der Waals surface area contributed by atoms with E-state index in [4.69, 9.17) is 4.74 Å². The maximum absolute atomic E-state index is 11.3. The summed E-state index contributed by atoms with van der Waals surface area (Å²) in [5, 5.41) is 3.26. The van der Waals surface area contributed by atoms with Crippen LogP contribution in [0.2, 0.25) is 0 Å². The molecule has 13 heavy (non-hydrogen) atoms. The number of rotatable bonds is 3. The Hall–Kier alpha value is -0.570. The molecule has 1 N–H and O–H groups in total. The first-order chi connectivity index (χ1) is 6.36. The molecular formula is C10H17NO2. The fourth-order valence-corrected chi connectivity index (χ4v) is 1.82. The molecular weight excluding hydrogens is 166 g/mol. The first-order valence-electron chi connectivity index (χ1n) is 5.23. The molecule has 0 aromatic heterocycles. The standard InChI is InChI=1S/C10H17NO2/c12-10(9-2-1-3-9)13-7-8-4-5-11-6-8/h8-9,11H,1-7H2/t8-/m1/s1. The fraction of sp³-hybridized carbons (Fsp3) is 0.900. The van der Waals surface area contributed by atoms with Crippen molar-refractivity contribution < 1.29 is 9.53 Å². The lowest BCUT2D eigenvalue weighted by Crippen LogP contribution is -2.26. The Kier molecular flexibility index (Phi) is 2.83. The highest BCUT2D eigenvalue weighted by Gasteiger charge is 2.27. The van der Waals surface area contributed by atoms with Crippen molar-refractivity contribution in [3.63, 3.8) is 0 Å². The van der Waals surface area contributed by atoms with Gasteiger partial charge in [0.1, 0.15) is 0 Å². The lowest BCUT2D eigenvalue weighted by Gasteiger charge is -2.23. The van der Waals surface area contributed by atoms with Crippen molar-refractivity contribution in [2.75, 3.05) is 19.7 Å². The van der Waals surface area contributed by atoms with E-state index in [0.29, 0.717) is 12.5 Å². The summed E-state index contributed by atoms with van der Waals surface area (Å²) in [6, 6.07) is 0. The highest BCUT2D eigenvalue weighted by Crippen LogP contribution is 2.27. The molecule has 1 saturated carbocycles. The lowest BCUT2D eigenvalue weighted by atomic mass is 9.86. The van der Waals surface area contributed by atoms with Crippen LogP contribution in [-0.2, 0) is 9.53 Å². The summed E-state index contributed by atoms with van der Waals surface area (Å²) in [6.45, 7) is 2.71. The summed E-state index contributed by atoms with van der Waals surface area (Å²) in [5.74, 6) is 0.830. The van der Waals surface area contributed by atoms with Crippen molar-refractivity contribution >= 4 is 5.97 Å². The molecule has 2 aliphatic rings. The molecule has 3 heteroatoms. The van der Waals surface area contributed by atoms with E-state index in [2.05, 4.69) is 5.32 Å². The first-order valence-corrected chi connectivity index (χ1v) is 5.23. The van der Waals surface area contributed by atoms with Gasteiger partial charge in [-0.2, -0.15) is 0 Å². The molecule has 0 aromatic carbocycles. The summed E-state index contributed by atoms with van der Waals surface area (Å²) in [5.41, 5.74) is 0. The van der Waals surface area contributed by atoms with Crippen LogP contribution in [0.4, 0.5) is 0 Å². The fourth-order valence-electron chi connectivity index (χ4n) is 1.82. The van der Waals surface area contributed by atoms with E-state index < -0.39 is 0 Å². The number of hydrogen-bond acceptors (Lipinski definition) is 3. The molecule has 2 rings (SSSR count). The summed E-state index contributed by atoms with van der Waals surface area (Å²) in [6.07, 6.45) is 4.44. The third-order valence-electron chi connectivity index (χ3n) is 3.06. The maximum atomic E-state index is 11.3. The molecule has 0 bridgehead atoms. The van der Waals surface area contributed by atoms with Gasteiger partial charge in [0, 0.05) is 12.5 Å². The van der Waals surface area contributed by atoms with E-state index in [1.807, 2.05) is 0 Å². The number of carbonyl (C=O) groups is 1. The van der Waals surface area contributed by atoms with Gasteiger partial charge in [-0.3, -0.25) is 4.79 Å². The van der Waals surface area contributed by atoms with E-state index in [0.717, 1.165) is 32.4 Å². The predicted octanol–water partition coefficient (Wildman–Crippen LogP) is 0.939. The average molecular weight is 183 g/mol. The third kappa shape index (κ3) is 2.21. The molecule has 3 nitrogen and oxygen atoms in total. The quantitative estimate of drug-likeness (QED) is 0.662. The van der Waals surface area contributed by atoms with Gasteiger partial charge in [0.05, 0.1) is 12.5 Å². The largest absolute Gasteiger partial charge is 0.465 e. The van der Waals surface area contributed by atoms with Crippen LogP contribution in [0.5, 0.6) is 0 Å². The van der Waals surface area contributed by atoms with Gasteiger partial charge in [0.25, 0.3) is 0 Å². The normalized spacial score (nSPS) is 28.5. The summed E-state index contributed by atoms with van der Waals surface area (Å²) >= 11 is 0. The number of esters is 1. The van der Waals surface area contributed by atoms with Crippen LogP contribution in [0.3, 0.4) is 0 Å². The second-order valence-corrected chi connectivity index (χ2v) is 4.12. The van der Waals surface area contributed by atoms with Crippen LogP contribution in [0.15, 0.2) is 0 Å². The zero-order valence-electron chi connectivity index (χ0n) is 7.92. The van der Waals surface area contributed by atoms with Crippen LogP contribution in [-0.4, -0.2) is 25.7 Å². The molecule has 0 radical (unpaired) electrons. The van der Waals surface area contributed by atoms with Crippen molar-refractivity contribution in [1.29, 1.82) is 0 Å². The average Bonchev–Trinajstić information content (AvgIpc) is 2.49. The minimum atomic E-state index is 0.0400. The predicted molar refractivity (Wildman–Crippen MR) is 49.3 cm³/mol. The first kappa shape index (κ1) is 9.00. The topological polar surface area (TPSA) is 38.3 Å². The zero-order chi connectivity index (χ0) is 9.10. The van der Waals surface area contributed by atoms with Gasteiger partial charge in [-0.15, -0.1) is 0 Å². The summed E-state index contributed by atoms with van der Waals surface area (Å²) in [7, 11) is 0. The van der Waals surface area contributed by atoms with Gasteiger partial charge in [-0.05, 0) is 25.8 Å². The highest BCUT2D eigenvalue weighted by molar-refractivity contribution is 5.73. The molecule has 2 fully saturated rings. The Morgan fingerprint density at radius 1 is 1.38 bits per heavy atom. The Morgan fingerprint density at radius 3 is 2.77 bits per heavy atom. The molecule has 0 unspecified atom stereocenters. The van der Waals surface area contributed by atoms with Gasteiger partial charge in [-0.1, -0.05) is 6.42 Å². The second-order valence-electron chi connectivity index (χ2n) is 4.12. The number of ether oxygens (including phenoxy) is 1. The zero-order valence-corrected chi connectivity index (χ0v) is 7.92. The number of hydrogen-bond donors (Lipinski definition) is 1. The van der Waals surface area contributed by atoms with Gasteiger partial charge in [0.2, 0.25) is 0 Å². The van der Waals surface area contributed by atoms with Gasteiger partial charge in [0.15, 0.2) is 0 Å². The summed E-state index contributed by atoms with van der Waals surface area (Å²) < 4.78 is 5.25. The molecule has 1 aliphatic carbocycles. The van der Waals surface area contributed by atoms with Crippen LogP contribution < -0.4 is 5.32 Å². The van der Waals surface area contributed by atoms with E-state index in [9.17, 15) is 4.79 Å². The summed E-state index contributed by atoms with van der Waals surface area (Å²) in [4.78, 5) is 11.3. The Labute approximate surface area is 78.8 Å². The Balaban J connectivity index is 1.63. The van der Waals surface area contributed by atoms with Crippen LogP contribution in [0.25, 0.3) is 0 Å². The van der Waals surface area contributed by atoms with Gasteiger partial charge in [-0.25, -0.2) is 0 Å².